The van der Waals surface area contributed by atoms with Crippen LogP contribution in [0.5, 0.6) is 0 Å². The van der Waals surface area contributed by atoms with Crippen LogP contribution in [0.15, 0.2) is 72.8 Å². The van der Waals surface area contributed by atoms with Gasteiger partial charge in [0.2, 0.25) is 5.91 Å². The zero-order valence-electron chi connectivity index (χ0n) is 22.1. The van der Waals surface area contributed by atoms with Gasteiger partial charge >= 0.3 is 6.09 Å². The molecule has 198 valence electrons. The van der Waals surface area contributed by atoms with E-state index in [1.165, 1.54) is 33.4 Å². The second-order valence-corrected chi connectivity index (χ2v) is 10.4. The van der Waals surface area contributed by atoms with Crippen molar-refractivity contribution in [3.8, 4) is 11.1 Å². The van der Waals surface area contributed by atoms with E-state index in [0.29, 0.717) is 12.5 Å². The summed E-state index contributed by atoms with van der Waals surface area (Å²) < 4.78 is 5.52. The van der Waals surface area contributed by atoms with Crippen molar-refractivity contribution >= 4 is 12.0 Å². The van der Waals surface area contributed by atoms with Crippen LogP contribution in [0.25, 0.3) is 11.1 Å². The number of nitrogens with one attached hydrogen (secondary N) is 2. The van der Waals surface area contributed by atoms with Crippen molar-refractivity contribution in [2.24, 2.45) is 5.92 Å². The first-order chi connectivity index (χ1) is 18.6. The quantitative estimate of drug-likeness (QED) is 0.419. The average Bonchev–Trinajstić information content (AvgIpc) is 3.28. The number of rotatable bonds is 9. The van der Waals surface area contributed by atoms with Gasteiger partial charge in [0.25, 0.3) is 0 Å². The number of carbonyl (C=O) groups is 2. The Kier molecular flexibility index (Phi) is 8.39. The van der Waals surface area contributed by atoms with Crippen molar-refractivity contribution in [1.29, 1.82) is 0 Å². The van der Waals surface area contributed by atoms with Crippen LogP contribution in [-0.4, -0.2) is 49.7 Å². The summed E-state index contributed by atoms with van der Waals surface area (Å²) in [6, 6.07) is 25.4. The van der Waals surface area contributed by atoms with E-state index in [0.717, 1.165) is 38.9 Å². The van der Waals surface area contributed by atoms with Gasteiger partial charge in [-0.05, 0) is 71.7 Å². The molecule has 0 aromatic heterocycles. The van der Waals surface area contributed by atoms with Gasteiger partial charge in [0, 0.05) is 19.0 Å². The smallest absolute Gasteiger partial charge is 0.407 e. The number of carbonyl (C=O) groups excluding carboxylic acids is 2. The molecule has 1 aliphatic heterocycles. The number of likely N-dealkylation sites (tertiary alicyclic amines) is 1. The molecule has 0 radical (unpaired) electrons. The van der Waals surface area contributed by atoms with Gasteiger partial charge in [0.15, 0.2) is 0 Å². The number of hydrogen-bond acceptors (Lipinski definition) is 4. The maximum Gasteiger partial charge on any atom is 0.407 e. The third-order valence-corrected chi connectivity index (χ3v) is 7.87. The van der Waals surface area contributed by atoms with Crippen molar-refractivity contribution in [3.05, 3.63) is 95.1 Å². The molecule has 6 heteroatoms. The molecular weight excluding hydrogens is 474 g/mol. The summed E-state index contributed by atoms with van der Waals surface area (Å²) >= 11 is 0. The van der Waals surface area contributed by atoms with Gasteiger partial charge in [-0.15, -0.1) is 0 Å². The first-order valence-electron chi connectivity index (χ1n) is 13.8. The maximum absolute atomic E-state index is 12.3. The Morgan fingerprint density at radius 3 is 2.08 bits per heavy atom. The van der Waals surface area contributed by atoms with Crippen molar-refractivity contribution < 1.29 is 14.3 Å². The number of benzene rings is 3. The lowest BCUT2D eigenvalue weighted by Gasteiger charge is -2.32. The average molecular weight is 512 g/mol. The predicted molar refractivity (Wildman–Crippen MR) is 150 cm³/mol. The van der Waals surface area contributed by atoms with E-state index in [2.05, 4.69) is 71.0 Å². The molecule has 0 spiro atoms. The zero-order valence-corrected chi connectivity index (χ0v) is 22.1. The molecule has 1 fully saturated rings. The Morgan fingerprint density at radius 1 is 0.842 bits per heavy atom. The molecule has 3 aromatic rings. The van der Waals surface area contributed by atoms with Gasteiger partial charge in [-0.2, -0.15) is 0 Å². The summed E-state index contributed by atoms with van der Waals surface area (Å²) in [5.74, 6) is 0.285. The molecule has 2 aliphatic rings. The fourth-order valence-electron chi connectivity index (χ4n) is 5.61. The minimum atomic E-state index is -0.567. The highest BCUT2D eigenvalue weighted by Crippen LogP contribution is 2.44. The van der Waals surface area contributed by atoms with Crippen LogP contribution in [-0.2, 0) is 22.5 Å². The van der Waals surface area contributed by atoms with Crippen LogP contribution in [0.2, 0.25) is 0 Å². The molecule has 3 aromatic carbocycles. The first-order valence-corrected chi connectivity index (χ1v) is 13.8. The summed E-state index contributed by atoms with van der Waals surface area (Å²) in [6.07, 6.45) is 2.63. The minimum absolute atomic E-state index is 0.00328. The van der Waals surface area contributed by atoms with Crippen LogP contribution in [0.4, 0.5) is 4.79 Å². The molecule has 6 nitrogen and oxygen atoms in total. The highest BCUT2D eigenvalue weighted by molar-refractivity contribution is 5.82. The summed E-state index contributed by atoms with van der Waals surface area (Å²) in [6.45, 7) is 6.03. The Balaban J connectivity index is 0.994. The number of amides is 2. The predicted octanol–water partition coefficient (Wildman–Crippen LogP) is 5.12. The Bertz CT molecular complexity index is 1200. The van der Waals surface area contributed by atoms with Crippen LogP contribution in [0.3, 0.4) is 0 Å². The van der Waals surface area contributed by atoms with Crippen molar-refractivity contribution in [2.45, 2.75) is 38.6 Å². The molecule has 1 aliphatic carbocycles. The van der Waals surface area contributed by atoms with Crippen molar-refractivity contribution in [2.75, 3.05) is 32.8 Å². The van der Waals surface area contributed by atoms with Gasteiger partial charge in [0.1, 0.15) is 6.61 Å². The van der Waals surface area contributed by atoms with Crippen LogP contribution in [0.1, 0.15) is 47.9 Å². The lowest BCUT2D eigenvalue weighted by molar-refractivity contribution is -0.120. The number of hydrogen-bond donors (Lipinski definition) is 2. The number of fused-ring (bicyclic) bond motifs is 3. The molecule has 38 heavy (non-hydrogen) atoms. The molecule has 0 bridgehead atoms. The molecule has 0 atom stereocenters. The highest BCUT2D eigenvalue weighted by atomic mass is 16.5. The molecule has 5 rings (SSSR count). The number of alkyl carbamates (subject to hydrolysis) is 1. The van der Waals surface area contributed by atoms with Crippen LogP contribution < -0.4 is 10.6 Å². The fraction of sp³-hybridized carbons (Fsp3) is 0.375. The molecule has 0 unspecified atom stereocenters. The van der Waals surface area contributed by atoms with E-state index < -0.39 is 6.09 Å². The number of nitrogens with zero attached hydrogens (tertiary/aromatic N) is 1. The number of aryl methyl sites for hydroxylation is 1. The lowest BCUT2D eigenvalue weighted by atomic mass is 9.96. The van der Waals surface area contributed by atoms with Gasteiger partial charge in [-0.1, -0.05) is 79.7 Å². The first kappa shape index (κ1) is 26.0. The topological polar surface area (TPSA) is 70.7 Å². The zero-order chi connectivity index (χ0) is 26.3. The summed E-state index contributed by atoms with van der Waals surface area (Å²) in [4.78, 5) is 27.2. The van der Waals surface area contributed by atoms with Crippen LogP contribution in [0, 0.1) is 5.92 Å². The number of ether oxygens (including phenoxy) is 1. The third kappa shape index (κ3) is 6.25. The molecule has 2 amide bonds. The van der Waals surface area contributed by atoms with E-state index in [1.807, 2.05) is 24.3 Å². The molecule has 2 N–H and O–H groups in total. The molecule has 1 heterocycles. The normalized spacial score (nSPS) is 15.5. The van der Waals surface area contributed by atoms with Gasteiger partial charge in [-0.3, -0.25) is 9.69 Å². The van der Waals surface area contributed by atoms with E-state index in [9.17, 15) is 9.59 Å². The van der Waals surface area contributed by atoms with Crippen molar-refractivity contribution in [3.63, 3.8) is 0 Å². The molecule has 0 saturated carbocycles. The lowest BCUT2D eigenvalue weighted by Crippen LogP contribution is -2.42. The van der Waals surface area contributed by atoms with Crippen LogP contribution >= 0.6 is 0 Å². The van der Waals surface area contributed by atoms with E-state index in [4.69, 9.17) is 4.74 Å². The second-order valence-electron chi connectivity index (χ2n) is 10.4. The largest absolute Gasteiger partial charge is 0.449 e. The number of piperidine rings is 1. The second kappa shape index (κ2) is 12.3. The minimum Gasteiger partial charge on any atom is -0.449 e. The summed E-state index contributed by atoms with van der Waals surface area (Å²) in [5.41, 5.74) is 7.44. The van der Waals surface area contributed by atoms with E-state index in [1.54, 1.807) is 0 Å². The maximum atomic E-state index is 12.3. The molecular formula is C32H37N3O3. The fourth-order valence-corrected chi connectivity index (χ4v) is 5.61. The third-order valence-electron chi connectivity index (χ3n) is 7.87. The monoisotopic (exact) mass is 511 g/mol. The van der Waals surface area contributed by atoms with Gasteiger partial charge in [0.05, 0.1) is 6.54 Å². The van der Waals surface area contributed by atoms with Gasteiger partial charge in [-0.25, -0.2) is 4.79 Å². The highest BCUT2D eigenvalue weighted by Gasteiger charge is 2.29. The summed E-state index contributed by atoms with van der Waals surface area (Å²) in [5, 5.41) is 5.58. The van der Waals surface area contributed by atoms with Gasteiger partial charge < -0.3 is 15.4 Å². The van der Waals surface area contributed by atoms with Crippen molar-refractivity contribution in [1.82, 2.24) is 15.5 Å². The van der Waals surface area contributed by atoms with E-state index >= 15 is 0 Å². The standard InChI is InChI=1S/C32H37N3O3/c1-2-23-11-13-25(14-12-23)21-35-17-15-24(16-18-35)19-33-31(36)20-34-32(37)38-22-30-28-9-5-3-7-26(28)27-8-4-6-10-29(27)30/h3-14,24,30H,2,15-22H2,1H3,(H,33,36)(H,34,37). The van der Waals surface area contributed by atoms with E-state index in [-0.39, 0.29) is 25.0 Å². The Hall–Kier alpha value is -3.64. The Morgan fingerprint density at radius 2 is 1.45 bits per heavy atom. The Labute approximate surface area is 225 Å². The molecule has 1 saturated heterocycles. The SMILES string of the molecule is CCc1ccc(CN2CCC(CNC(=O)CNC(=O)OCC3c4ccccc4-c4ccccc43)CC2)cc1. The summed E-state index contributed by atoms with van der Waals surface area (Å²) in [7, 11) is 0.